The van der Waals surface area contributed by atoms with E-state index in [1.165, 1.54) is 0 Å². The van der Waals surface area contributed by atoms with Crippen molar-refractivity contribution in [2.24, 2.45) is 0 Å². The molecule has 0 radical (unpaired) electrons. The zero-order valence-electron chi connectivity index (χ0n) is 14.6. The van der Waals surface area contributed by atoms with Crippen LogP contribution in [0.1, 0.15) is 78.5 Å². The van der Waals surface area contributed by atoms with Gasteiger partial charge in [-0.2, -0.15) is 0 Å². The molecule has 124 valence electrons. The van der Waals surface area contributed by atoms with Crippen molar-refractivity contribution in [3.05, 3.63) is 18.1 Å². The molecule has 1 rings (SSSR count). The first-order valence-corrected chi connectivity index (χ1v) is 8.81. The van der Waals surface area contributed by atoms with Gasteiger partial charge in [-0.1, -0.05) is 40.5 Å². The predicted octanol–water partition coefficient (Wildman–Crippen LogP) is 4.53. The van der Waals surface area contributed by atoms with Gasteiger partial charge >= 0.3 is 0 Å². The van der Waals surface area contributed by atoms with Gasteiger partial charge in [0.2, 0.25) is 5.91 Å². The maximum Gasteiger partial charge on any atom is 0.228 e. The fraction of sp³-hybridized carbons (Fsp3) is 0.722. The minimum atomic E-state index is 0.190. The van der Waals surface area contributed by atoms with Crippen LogP contribution in [0.15, 0.2) is 12.3 Å². The molecule has 4 nitrogen and oxygen atoms in total. The van der Waals surface area contributed by atoms with Gasteiger partial charge in [0.15, 0.2) is 0 Å². The van der Waals surface area contributed by atoms with Crippen LogP contribution < -0.4 is 4.90 Å². The van der Waals surface area contributed by atoms with Crippen LogP contribution in [0.2, 0.25) is 0 Å². The molecule has 1 aromatic rings. The topological polar surface area (TPSA) is 46.1 Å². The van der Waals surface area contributed by atoms with Gasteiger partial charge in [-0.25, -0.2) is 9.97 Å². The van der Waals surface area contributed by atoms with Crippen molar-refractivity contribution in [3.8, 4) is 0 Å². The number of hydrogen-bond acceptors (Lipinski definition) is 3. The Labute approximate surface area is 135 Å². The lowest BCUT2D eigenvalue weighted by atomic mass is 10.0. The quantitative estimate of drug-likeness (QED) is 0.638. The van der Waals surface area contributed by atoms with E-state index >= 15 is 0 Å². The Kier molecular flexibility index (Phi) is 8.71. The fourth-order valence-corrected chi connectivity index (χ4v) is 2.79. The molecule has 0 N–H and O–H groups in total. The summed E-state index contributed by atoms with van der Waals surface area (Å²) in [6.07, 6.45) is 9.31. The first-order valence-electron chi connectivity index (χ1n) is 8.81. The van der Waals surface area contributed by atoms with Gasteiger partial charge in [-0.15, -0.1) is 0 Å². The first kappa shape index (κ1) is 18.6. The van der Waals surface area contributed by atoms with Crippen molar-refractivity contribution in [2.45, 2.75) is 85.1 Å². The lowest BCUT2D eigenvalue weighted by molar-refractivity contribution is -0.119. The molecule has 0 atom stereocenters. The molecule has 1 heterocycles. The van der Waals surface area contributed by atoms with Crippen molar-refractivity contribution in [1.82, 2.24) is 9.97 Å². The highest BCUT2D eigenvalue weighted by Gasteiger charge is 2.25. The minimum Gasteiger partial charge on any atom is -0.294 e. The highest BCUT2D eigenvalue weighted by atomic mass is 16.2. The number of nitrogens with zero attached hydrogens (tertiary/aromatic N) is 3. The zero-order chi connectivity index (χ0) is 16.4. The summed E-state index contributed by atoms with van der Waals surface area (Å²) in [5, 5.41) is 0. The van der Waals surface area contributed by atoms with E-state index in [2.05, 4.69) is 30.7 Å². The predicted molar refractivity (Wildman–Crippen MR) is 92.0 cm³/mol. The molecule has 4 heteroatoms. The van der Waals surface area contributed by atoms with Gasteiger partial charge in [-0.05, 0) is 31.7 Å². The molecule has 22 heavy (non-hydrogen) atoms. The van der Waals surface area contributed by atoms with Crippen molar-refractivity contribution in [2.75, 3.05) is 4.90 Å². The van der Waals surface area contributed by atoms with E-state index in [4.69, 9.17) is 0 Å². The largest absolute Gasteiger partial charge is 0.294 e. The van der Waals surface area contributed by atoms with Crippen LogP contribution >= 0.6 is 0 Å². The van der Waals surface area contributed by atoms with E-state index in [-0.39, 0.29) is 11.9 Å². The molecule has 0 aliphatic carbocycles. The van der Waals surface area contributed by atoms with Crippen LogP contribution in [-0.2, 0) is 11.2 Å². The van der Waals surface area contributed by atoms with E-state index in [9.17, 15) is 4.79 Å². The molecular weight excluding hydrogens is 274 g/mol. The third kappa shape index (κ3) is 5.39. The molecule has 0 aromatic carbocycles. The lowest BCUT2D eigenvalue weighted by Gasteiger charge is -2.31. The highest BCUT2D eigenvalue weighted by molar-refractivity contribution is 5.92. The molecule has 1 amide bonds. The number of carbonyl (C=O) groups is 1. The number of carbonyl (C=O) groups excluding carboxylic acids is 1. The average molecular weight is 305 g/mol. The number of aryl methyl sites for hydroxylation is 1. The summed E-state index contributed by atoms with van der Waals surface area (Å²) in [5.41, 5.74) is 0. The summed E-state index contributed by atoms with van der Waals surface area (Å²) in [6, 6.07) is 2.13. The maximum absolute atomic E-state index is 12.7. The molecule has 0 saturated heterocycles. The number of rotatable bonds is 10. The SMILES string of the molecule is CCCC(=O)N(c1ccnc(CCC)n1)C(CCC)CCC. The van der Waals surface area contributed by atoms with Crippen LogP contribution in [-0.4, -0.2) is 21.9 Å². The van der Waals surface area contributed by atoms with Crippen LogP contribution in [0.4, 0.5) is 5.82 Å². The molecule has 1 aromatic heterocycles. The summed E-state index contributed by atoms with van der Waals surface area (Å²) in [5.74, 6) is 1.81. The molecule has 0 aliphatic rings. The summed E-state index contributed by atoms with van der Waals surface area (Å²) >= 11 is 0. The Bertz CT molecular complexity index is 442. The van der Waals surface area contributed by atoms with Crippen LogP contribution in [0.5, 0.6) is 0 Å². The molecule has 0 spiro atoms. The molecule has 0 unspecified atom stereocenters. The minimum absolute atomic E-state index is 0.190. The number of hydrogen-bond donors (Lipinski definition) is 0. The summed E-state index contributed by atoms with van der Waals surface area (Å²) in [7, 11) is 0. The summed E-state index contributed by atoms with van der Waals surface area (Å²) < 4.78 is 0. The van der Waals surface area contributed by atoms with Gasteiger partial charge in [0.05, 0.1) is 0 Å². The molecular formula is C18H31N3O. The monoisotopic (exact) mass is 305 g/mol. The second-order valence-electron chi connectivity index (χ2n) is 5.83. The summed E-state index contributed by atoms with van der Waals surface area (Å²) in [6.45, 7) is 8.52. The van der Waals surface area contributed by atoms with Gasteiger partial charge < -0.3 is 0 Å². The molecule has 0 bridgehead atoms. The van der Waals surface area contributed by atoms with E-state index in [1.54, 1.807) is 6.20 Å². The number of anilines is 1. The first-order chi connectivity index (χ1) is 10.7. The maximum atomic E-state index is 12.7. The van der Waals surface area contributed by atoms with Crippen LogP contribution in [0.25, 0.3) is 0 Å². The van der Waals surface area contributed by atoms with Crippen LogP contribution in [0, 0.1) is 0 Å². The second kappa shape index (κ2) is 10.3. The van der Waals surface area contributed by atoms with E-state index in [0.29, 0.717) is 6.42 Å². The third-order valence-corrected chi connectivity index (χ3v) is 3.75. The second-order valence-corrected chi connectivity index (χ2v) is 5.83. The molecule has 0 fully saturated rings. The van der Waals surface area contributed by atoms with Crippen LogP contribution in [0.3, 0.4) is 0 Å². The molecule has 0 saturated carbocycles. The Morgan fingerprint density at radius 1 is 1.09 bits per heavy atom. The summed E-state index contributed by atoms with van der Waals surface area (Å²) in [4.78, 5) is 23.6. The Hall–Kier alpha value is -1.45. The van der Waals surface area contributed by atoms with Gasteiger partial charge in [0.1, 0.15) is 11.6 Å². The zero-order valence-corrected chi connectivity index (χ0v) is 14.6. The van der Waals surface area contributed by atoms with Crippen molar-refractivity contribution in [3.63, 3.8) is 0 Å². The number of aromatic nitrogens is 2. The Morgan fingerprint density at radius 2 is 1.77 bits per heavy atom. The van der Waals surface area contributed by atoms with E-state index < -0.39 is 0 Å². The lowest BCUT2D eigenvalue weighted by Crippen LogP contribution is -2.41. The fourth-order valence-electron chi connectivity index (χ4n) is 2.79. The van der Waals surface area contributed by atoms with Gasteiger partial charge in [-0.3, -0.25) is 9.69 Å². The standard InChI is InChI=1S/C18H31N3O/c1-5-9-15(10-6-2)21(18(22)12-8-4)17-13-14-19-16(20-17)11-7-3/h13-15H,5-12H2,1-4H3. The van der Waals surface area contributed by atoms with E-state index in [0.717, 1.165) is 56.6 Å². The van der Waals surface area contributed by atoms with Gasteiger partial charge in [0, 0.05) is 25.1 Å². The van der Waals surface area contributed by atoms with Crippen molar-refractivity contribution >= 4 is 11.7 Å². The van der Waals surface area contributed by atoms with Crippen molar-refractivity contribution < 1.29 is 4.79 Å². The van der Waals surface area contributed by atoms with Crippen molar-refractivity contribution in [1.29, 1.82) is 0 Å². The highest BCUT2D eigenvalue weighted by Crippen LogP contribution is 2.22. The Balaban J connectivity index is 3.12. The molecule has 0 aliphatic heterocycles. The van der Waals surface area contributed by atoms with E-state index in [1.807, 2.05) is 17.9 Å². The Morgan fingerprint density at radius 3 is 2.32 bits per heavy atom. The normalized spacial score (nSPS) is 11.0. The van der Waals surface area contributed by atoms with Gasteiger partial charge in [0.25, 0.3) is 0 Å². The smallest absolute Gasteiger partial charge is 0.228 e. The average Bonchev–Trinajstić information content (AvgIpc) is 2.49. The third-order valence-electron chi connectivity index (χ3n) is 3.75. The number of amides is 1.